The monoisotopic (exact) mass is 308 g/mol. The van der Waals surface area contributed by atoms with Gasteiger partial charge in [-0.2, -0.15) is 10.2 Å². The van der Waals surface area contributed by atoms with Crippen LogP contribution in [-0.2, 0) is 13.5 Å². The van der Waals surface area contributed by atoms with Crippen LogP contribution in [0.15, 0.2) is 30.7 Å². The van der Waals surface area contributed by atoms with Gasteiger partial charge in [0.2, 0.25) is 0 Å². The van der Waals surface area contributed by atoms with Crippen LogP contribution in [0.5, 0.6) is 0 Å². The van der Waals surface area contributed by atoms with Gasteiger partial charge in [-0.15, -0.1) is 0 Å². The van der Waals surface area contributed by atoms with E-state index < -0.39 is 0 Å². The fourth-order valence-electron chi connectivity index (χ4n) is 4.09. The number of aromatic nitrogens is 4. The number of piperidine rings is 1. The summed E-state index contributed by atoms with van der Waals surface area (Å²) >= 11 is 0. The second kappa shape index (κ2) is 4.58. The molecular weight excluding hydrogens is 288 g/mol. The van der Waals surface area contributed by atoms with Crippen molar-refractivity contribution >= 4 is 11.2 Å². The highest BCUT2D eigenvalue weighted by atomic mass is 15.2. The molecule has 2 fully saturated rings. The van der Waals surface area contributed by atoms with Crippen LogP contribution in [-0.4, -0.2) is 32.5 Å². The van der Waals surface area contributed by atoms with Crippen molar-refractivity contribution in [2.24, 2.45) is 24.8 Å². The molecule has 0 radical (unpaired) electrons. The van der Waals surface area contributed by atoms with Gasteiger partial charge in [0.25, 0.3) is 0 Å². The van der Waals surface area contributed by atoms with Gasteiger partial charge in [0.15, 0.2) is 0 Å². The number of nitrogens with two attached hydrogens (primary N) is 1. The molecule has 5 rings (SSSR count). The van der Waals surface area contributed by atoms with E-state index in [1.807, 2.05) is 36.2 Å². The van der Waals surface area contributed by atoms with E-state index in [1.54, 1.807) is 4.68 Å². The second-order valence-electron chi connectivity index (χ2n) is 6.91. The van der Waals surface area contributed by atoms with E-state index in [4.69, 9.17) is 10.8 Å². The van der Waals surface area contributed by atoms with Crippen molar-refractivity contribution in [1.82, 2.24) is 24.7 Å². The molecule has 2 atom stereocenters. The van der Waals surface area contributed by atoms with Crippen LogP contribution in [0.25, 0.3) is 16.6 Å². The first-order chi connectivity index (χ1) is 11.2. The molecule has 0 aromatic carbocycles. The Morgan fingerprint density at radius 1 is 1.22 bits per heavy atom. The molecule has 6 nitrogen and oxygen atoms in total. The van der Waals surface area contributed by atoms with Crippen molar-refractivity contribution in [2.75, 3.05) is 18.8 Å². The maximum Gasteiger partial charge on any atom is 0.0894 e. The van der Waals surface area contributed by atoms with E-state index in [0.29, 0.717) is 0 Å². The van der Waals surface area contributed by atoms with Crippen LogP contribution in [0.1, 0.15) is 5.69 Å². The lowest BCUT2D eigenvalue weighted by molar-refractivity contribution is 0.586. The molecule has 3 aromatic heterocycles. The van der Waals surface area contributed by atoms with Crippen LogP contribution >= 0.6 is 0 Å². The molecule has 0 spiro atoms. The number of anilines is 1. The Morgan fingerprint density at radius 2 is 2.04 bits per heavy atom. The number of nitrogen functional groups attached to an aromatic ring is 1. The molecule has 4 heterocycles. The molecule has 1 saturated carbocycles. The van der Waals surface area contributed by atoms with Crippen LogP contribution < -0.4 is 11.1 Å². The summed E-state index contributed by atoms with van der Waals surface area (Å²) in [6.45, 7) is 2.35. The molecular formula is C17H20N6. The minimum atomic E-state index is 0.766. The third kappa shape index (κ3) is 2.05. The highest BCUT2D eigenvalue weighted by Crippen LogP contribution is 2.50. The van der Waals surface area contributed by atoms with Gasteiger partial charge in [-0.25, -0.2) is 4.52 Å². The number of hydrogen-bond acceptors (Lipinski definition) is 4. The van der Waals surface area contributed by atoms with E-state index in [9.17, 15) is 0 Å². The highest BCUT2D eigenvalue weighted by molar-refractivity contribution is 5.76. The Kier molecular flexibility index (Phi) is 2.61. The van der Waals surface area contributed by atoms with Crippen molar-refractivity contribution in [2.45, 2.75) is 6.42 Å². The Labute approximate surface area is 134 Å². The number of aryl methyl sites for hydroxylation is 1. The number of hydrogen-bond donors (Lipinski definition) is 2. The topological polar surface area (TPSA) is 73.2 Å². The largest absolute Gasteiger partial charge is 0.397 e. The van der Waals surface area contributed by atoms with Crippen LogP contribution in [0, 0.1) is 17.8 Å². The average Bonchev–Trinajstić information content (AvgIpc) is 3.01. The van der Waals surface area contributed by atoms with Gasteiger partial charge in [-0.3, -0.25) is 4.68 Å². The molecule has 2 unspecified atom stereocenters. The lowest BCUT2D eigenvalue weighted by Gasteiger charge is -2.02. The van der Waals surface area contributed by atoms with E-state index in [1.165, 1.54) is 13.1 Å². The Hall–Kier alpha value is -2.34. The first kappa shape index (κ1) is 13.1. The minimum Gasteiger partial charge on any atom is -0.397 e. The van der Waals surface area contributed by atoms with Gasteiger partial charge >= 0.3 is 0 Å². The number of rotatable bonds is 3. The predicted molar refractivity (Wildman–Crippen MR) is 88.9 cm³/mol. The summed E-state index contributed by atoms with van der Waals surface area (Å²) in [6, 6.07) is 4.15. The molecule has 1 aliphatic carbocycles. The third-order valence-corrected chi connectivity index (χ3v) is 5.41. The first-order valence-electron chi connectivity index (χ1n) is 8.16. The summed E-state index contributed by atoms with van der Waals surface area (Å²) in [4.78, 5) is 0. The molecule has 3 aromatic rings. The summed E-state index contributed by atoms with van der Waals surface area (Å²) in [5, 5.41) is 12.4. The van der Waals surface area contributed by atoms with E-state index in [-0.39, 0.29) is 0 Å². The molecule has 6 heteroatoms. The summed E-state index contributed by atoms with van der Waals surface area (Å²) in [6.07, 6.45) is 6.95. The first-order valence-corrected chi connectivity index (χ1v) is 8.16. The molecule has 118 valence electrons. The zero-order valence-electron chi connectivity index (χ0n) is 13.1. The number of pyridine rings is 1. The average molecular weight is 308 g/mol. The summed E-state index contributed by atoms with van der Waals surface area (Å²) in [7, 11) is 1.92. The molecule has 1 aliphatic heterocycles. The van der Waals surface area contributed by atoms with Crippen LogP contribution in [0.2, 0.25) is 0 Å². The Balaban J connectivity index is 1.48. The highest BCUT2D eigenvalue weighted by Gasteiger charge is 2.52. The number of nitrogens with one attached hydrogen (secondary N) is 1. The molecule has 0 amide bonds. The SMILES string of the molecule is Cn1cc(-c2cc(N)c3cc(CC4C5CNCC54)nn3c2)cn1. The lowest BCUT2D eigenvalue weighted by atomic mass is 10.1. The molecule has 2 aliphatic rings. The van der Waals surface area contributed by atoms with E-state index in [2.05, 4.69) is 16.5 Å². The minimum absolute atomic E-state index is 0.766. The van der Waals surface area contributed by atoms with Gasteiger partial charge in [-0.1, -0.05) is 0 Å². The molecule has 3 N–H and O–H groups in total. The summed E-state index contributed by atoms with van der Waals surface area (Å²) < 4.78 is 3.72. The van der Waals surface area contributed by atoms with Gasteiger partial charge in [0.1, 0.15) is 0 Å². The van der Waals surface area contributed by atoms with Crippen molar-refractivity contribution in [3.63, 3.8) is 0 Å². The van der Waals surface area contributed by atoms with E-state index in [0.717, 1.165) is 52.2 Å². The fourth-order valence-corrected chi connectivity index (χ4v) is 4.09. The molecule has 0 bridgehead atoms. The Morgan fingerprint density at radius 3 is 2.78 bits per heavy atom. The predicted octanol–water partition coefficient (Wildman–Crippen LogP) is 1.32. The quantitative estimate of drug-likeness (QED) is 0.765. The number of nitrogens with zero attached hydrogens (tertiary/aromatic N) is 4. The van der Waals surface area contributed by atoms with Gasteiger partial charge in [0.05, 0.1) is 23.1 Å². The number of fused-ring (bicyclic) bond motifs is 2. The summed E-state index contributed by atoms with van der Waals surface area (Å²) in [5.74, 6) is 2.53. The lowest BCUT2D eigenvalue weighted by Crippen LogP contribution is -2.15. The summed E-state index contributed by atoms with van der Waals surface area (Å²) in [5.41, 5.74) is 11.3. The maximum absolute atomic E-state index is 6.25. The van der Waals surface area contributed by atoms with Gasteiger partial charge < -0.3 is 11.1 Å². The van der Waals surface area contributed by atoms with E-state index >= 15 is 0 Å². The molecule has 1 saturated heterocycles. The van der Waals surface area contributed by atoms with Crippen LogP contribution in [0.4, 0.5) is 5.69 Å². The third-order valence-electron chi connectivity index (χ3n) is 5.41. The molecule has 23 heavy (non-hydrogen) atoms. The zero-order chi connectivity index (χ0) is 15.6. The Bertz CT molecular complexity index is 882. The second-order valence-corrected chi connectivity index (χ2v) is 6.91. The van der Waals surface area contributed by atoms with Crippen molar-refractivity contribution in [3.8, 4) is 11.1 Å². The van der Waals surface area contributed by atoms with Gasteiger partial charge in [-0.05, 0) is 49.4 Å². The normalized spacial score (nSPS) is 25.9. The zero-order valence-corrected chi connectivity index (χ0v) is 13.1. The van der Waals surface area contributed by atoms with Gasteiger partial charge in [0, 0.05) is 30.6 Å². The maximum atomic E-state index is 6.25. The van der Waals surface area contributed by atoms with Crippen molar-refractivity contribution < 1.29 is 0 Å². The van der Waals surface area contributed by atoms with Crippen molar-refractivity contribution in [3.05, 3.63) is 36.4 Å². The smallest absolute Gasteiger partial charge is 0.0894 e. The van der Waals surface area contributed by atoms with Crippen molar-refractivity contribution in [1.29, 1.82) is 0 Å². The standard InChI is InChI=1S/C17H20N6/c1-22-8-11(5-20-22)10-2-16(18)17-4-12(21-23(17)9-10)3-13-14-6-19-7-15(13)14/h2,4-5,8-9,13-15,19H,3,6-7,18H2,1H3. The van der Waals surface area contributed by atoms with Crippen LogP contribution in [0.3, 0.4) is 0 Å². The fraction of sp³-hybridized carbons (Fsp3) is 0.412.